The third-order valence-electron chi connectivity index (χ3n) is 8.44. The van der Waals surface area contributed by atoms with Crippen LogP contribution in [0.3, 0.4) is 0 Å². The van der Waals surface area contributed by atoms with E-state index in [2.05, 4.69) is 16.3 Å². The van der Waals surface area contributed by atoms with Crippen LogP contribution in [-0.4, -0.2) is 65.5 Å². The number of carboxylic acids is 1. The first kappa shape index (κ1) is 28.9. The summed E-state index contributed by atoms with van der Waals surface area (Å²) in [6, 6.07) is 3.63. The van der Waals surface area contributed by atoms with Gasteiger partial charge in [0.2, 0.25) is 5.91 Å². The molecule has 38 heavy (non-hydrogen) atoms. The van der Waals surface area contributed by atoms with Crippen molar-refractivity contribution in [3.63, 3.8) is 0 Å². The lowest BCUT2D eigenvalue weighted by Gasteiger charge is -2.36. The summed E-state index contributed by atoms with van der Waals surface area (Å²) >= 11 is 6.16. The molecule has 6 nitrogen and oxygen atoms in total. The summed E-state index contributed by atoms with van der Waals surface area (Å²) in [5, 5.41) is 12.8. The lowest BCUT2D eigenvalue weighted by atomic mass is 9.75. The van der Waals surface area contributed by atoms with Crippen LogP contribution in [-0.2, 0) is 22.3 Å². The average Bonchev–Trinajstić information content (AvgIpc) is 3.16. The molecule has 210 valence electrons. The van der Waals surface area contributed by atoms with Crippen LogP contribution in [0.15, 0.2) is 29.8 Å². The number of hydrogen-bond acceptors (Lipinski definition) is 4. The minimum absolute atomic E-state index is 0.00316. The first-order valence-electron chi connectivity index (χ1n) is 13.5. The molecule has 2 fully saturated rings. The summed E-state index contributed by atoms with van der Waals surface area (Å²) in [7, 11) is 0. The summed E-state index contributed by atoms with van der Waals surface area (Å²) < 4.78 is 40.9. The Morgan fingerprint density at radius 1 is 1.16 bits per heavy atom. The van der Waals surface area contributed by atoms with E-state index in [1.807, 2.05) is 0 Å². The van der Waals surface area contributed by atoms with Gasteiger partial charge in [-0.15, -0.1) is 0 Å². The topological polar surface area (TPSA) is 72.9 Å². The molecule has 1 aromatic rings. The monoisotopic (exact) mass is 555 g/mol. The van der Waals surface area contributed by atoms with E-state index in [-0.39, 0.29) is 48.0 Å². The molecule has 0 bridgehead atoms. The summed E-state index contributed by atoms with van der Waals surface area (Å²) in [6.07, 6.45) is 3.78. The lowest BCUT2D eigenvalue weighted by Crippen LogP contribution is -2.53. The van der Waals surface area contributed by atoms with Gasteiger partial charge in [-0.1, -0.05) is 36.2 Å². The molecule has 1 amide bonds. The number of amides is 1. The van der Waals surface area contributed by atoms with E-state index < -0.39 is 23.1 Å². The molecule has 0 radical (unpaired) electrons. The number of piperidine rings is 1. The molecule has 0 saturated carbocycles. The van der Waals surface area contributed by atoms with Gasteiger partial charge in [0, 0.05) is 50.3 Å². The van der Waals surface area contributed by atoms with Crippen molar-refractivity contribution in [2.24, 2.45) is 11.3 Å². The Balaban J connectivity index is 1.42. The fraction of sp³-hybridized carbons (Fsp3) is 0.643. The Hall–Kier alpha value is -2.10. The van der Waals surface area contributed by atoms with E-state index in [0.717, 1.165) is 51.4 Å². The zero-order valence-corrected chi connectivity index (χ0v) is 22.6. The van der Waals surface area contributed by atoms with Crippen molar-refractivity contribution in [1.29, 1.82) is 0 Å². The van der Waals surface area contributed by atoms with Gasteiger partial charge in [0.15, 0.2) is 0 Å². The number of carbonyl (C=O) groups excluding carboxylic acids is 1. The number of alkyl halides is 3. The van der Waals surface area contributed by atoms with Gasteiger partial charge in [0.1, 0.15) is 0 Å². The largest absolute Gasteiger partial charge is 0.481 e. The summed E-state index contributed by atoms with van der Waals surface area (Å²) in [4.78, 5) is 29.6. The third-order valence-corrected chi connectivity index (χ3v) is 8.79. The van der Waals surface area contributed by atoms with Crippen LogP contribution in [0.4, 0.5) is 13.2 Å². The van der Waals surface area contributed by atoms with Gasteiger partial charge in [0.25, 0.3) is 0 Å². The molecule has 2 aliphatic heterocycles. The molecule has 3 aliphatic rings. The van der Waals surface area contributed by atoms with Crippen LogP contribution in [0.1, 0.15) is 63.0 Å². The van der Waals surface area contributed by atoms with Crippen LogP contribution < -0.4 is 5.32 Å². The van der Waals surface area contributed by atoms with Crippen LogP contribution in [0.2, 0.25) is 5.02 Å². The summed E-state index contributed by atoms with van der Waals surface area (Å²) in [5.41, 5.74) is -0.601. The number of hydrogen-bond donors (Lipinski definition) is 2. The van der Waals surface area contributed by atoms with Crippen LogP contribution in [0.25, 0.3) is 0 Å². The summed E-state index contributed by atoms with van der Waals surface area (Å²) in [6.45, 7) is 4.75. The van der Waals surface area contributed by atoms with E-state index in [4.69, 9.17) is 11.6 Å². The van der Waals surface area contributed by atoms with Gasteiger partial charge in [-0.05, 0) is 62.1 Å². The predicted octanol–water partition coefficient (Wildman–Crippen LogP) is 5.35. The second-order valence-electron chi connectivity index (χ2n) is 11.2. The summed E-state index contributed by atoms with van der Waals surface area (Å²) in [5.74, 6) is -1.77. The first-order valence-corrected chi connectivity index (χ1v) is 13.9. The third kappa shape index (κ3) is 6.72. The van der Waals surface area contributed by atoms with E-state index in [1.54, 1.807) is 11.8 Å². The Morgan fingerprint density at radius 2 is 1.89 bits per heavy atom. The zero-order chi connectivity index (χ0) is 27.5. The van der Waals surface area contributed by atoms with Crippen LogP contribution in [0, 0.1) is 11.3 Å². The molecule has 10 heteroatoms. The lowest BCUT2D eigenvalue weighted by molar-refractivity contribution is -0.147. The SMILES string of the molecule is C[C@H]1CN(Cc2c(Cl)cccc2C(F)(F)F)C[C@]1(CC(=O)O)C(=O)NC1CCN(CC2=CCCCC2)CC1. The number of benzene rings is 1. The molecule has 2 heterocycles. The number of halogens is 4. The van der Waals surface area contributed by atoms with E-state index >= 15 is 0 Å². The van der Waals surface area contributed by atoms with Crippen LogP contribution in [0.5, 0.6) is 0 Å². The normalized spacial score (nSPS) is 25.8. The van der Waals surface area contributed by atoms with Crippen LogP contribution >= 0.6 is 11.6 Å². The first-order chi connectivity index (χ1) is 18.0. The maximum Gasteiger partial charge on any atom is 0.416 e. The number of allylic oxidation sites excluding steroid dienone is 1. The number of likely N-dealkylation sites (tertiary alicyclic amines) is 2. The maximum absolute atomic E-state index is 13.6. The second-order valence-corrected chi connectivity index (χ2v) is 11.6. The Labute approximate surface area is 227 Å². The van der Waals surface area contributed by atoms with E-state index in [9.17, 15) is 27.9 Å². The standard InChI is InChI=1S/C28H37ClF3N3O3/c1-19-15-35(17-22-23(28(30,31)32)8-5-9-24(22)29)18-27(19,14-25(36)37)26(38)33-21-10-12-34(13-11-21)16-20-6-3-2-4-7-20/h5-6,8-9,19,21H,2-4,7,10-18H2,1H3,(H,33,38)(H,36,37)/t19-,27-/m0/s1. The number of aliphatic carboxylic acids is 1. The molecule has 0 unspecified atom stereocenters. The number of carbonyl (C=O) groups is 2. The number of rotatable bonds is 8. The van der Waals surface area contributed by atoms with Crippen molar-refractivity contribution in [3.8, 4) is 0 Å². The van der Waals surface area contributed by atoms with Crippen molar-refractivity contribution < 1.29 is 27.9 Å². The molecule has 2 N–H and O–H groups in total. The number of carboxylic acid groups (broad SMARTS) is 1. The van der Waals surface area contributed by atoms with Gasteiger partial charge in [-0.2, -0.15) is 13.2 Å². The van der Waals surface area contributed by atoms with Gasteiger partial charge in [0.05, 0.1) is 17.4 Å². The Kier molecular flexibility index (Phi) is 9.10. The van der Waals surface area contributed by atoms with Crippen molar-refractivity contribution in [2.75, 3.05) is 32.7 Å². The molecule has 2 saturated heterocycles. The van der Waals surface area contributed by atoms with Gasteiger partial charge in [-0.3, -0.25) is 19.4 Å². The second kappa shape index (κ2) is 12.0. The van der Waals surface area contributed by atoms with Gasteiger partial charge in [-0.25, -0.2) is 0 Å². The molecular weight excluding hydrogens is 519 g/mol. The highest BCUT2D eigenvalue weighted by molar-refractivity contribution is 6.31. The molecule has 2 atom stereocenters. The highest BCUT2D eigenvalue weighted by Gasteiger charge is 2.52. The Bertz CT molecular complexity index is 1060. The minimum Gasteiger partial charge on any atom is -0.481 e. The van der Waals surface area contributed by atoms with Crippen molar-refractivity contribution in [1.82, 2.24) is 15.1 Å². The molecule has 1 aliphatic carbocycles. The fourth-order valence-electron chi connectivity index (χ4n) is 6.29. The van der Waals surface area contributed by atoms with Gasteiger partial charge < -0.3 is 10.4 Å². The molecule has 0 spiro atoms. The fourth-order valence-corrected chi connectivity index (χ4v) is 6.52. The number of nitrogens with one attached hydrogen (secondary N) is 1. The van der Waals surface area contributed by atoms with Crippen molar-refractivity contribution >= 4 is 23.5 Å². The zero-order valence-electron chi connectivity index (χ0n) is 21.8. The maximum atomic E-state index is 13.6. The smallest absolute Gasteiger partial charge is 0.416 e. The molecule has 1 aromatic carbocycles. The molecule has 4 rings (SSSR count). The van der Waals surface area contributed by atoms with Crippen molar-refractivity contribution in [2.45, 2.75) is 70.6 Å². The highest BCUT2D eigenvalue weighted by atomic mass is 35.5. The molecular formula is C28H37ClF3N3O3. The van der Waals surface area contributed by atoms with Crippen molar-refractivity contribution in [3.05, 3.63) is 46.0 Å². The Morgan fingerprint density at radius 3 is 2.53 bits per heavy atom. The number of nitrogens with zero attached hydrogens (tertiary/aromatic N) is 2. The predicted molar refractivity (Wildman–Crippen MR) is 140 cm³/mol. The van der Waals surface area contributed by atoms with E-state index in [1.165, 1.54) is 30.5 Å². The highest BCUT2D eigenvalue weighted by Crippen LogP contribution is 2.42. The molecule has 0 aromatic heterocycles. The average molecular weight is 556 g/mol. The van der Waals surface area contributed by atoms with Gasteiger partial charge >= 0.3 is 12.1 Å². The quantitative estimate of drug-likeness (QED) is 0.423. The van der Waals surface area contributed by atoms with E-state index in [0.29, 0.717) is 6.54 Å². The minimum atomic E-state index is -4.57.